The average Bonchev–Trinajstić information content (AvgIpc) is 2.88. The number of hydrogen-bond acceptors (Lipinski definition) is 4. The van der Waals surface area contributed by atoms with Crippen LogP contribution in [0.25, 0.3) is 10.1 Å². The van der Waals surface area contributed by atoms with Crippen LogP contribution in [0.4, 0.5) is 5.69 Å². The fraction of sp³-hybridized carbons (Fsp3) is 0.438. The Morgan fingerprint density at radius 1 is 1.27 bits per heavy atom. The van der Waals surface area contributed by atoms with E-state index in [-0.39, 0.29) is 11.6 Å². The van der Waals surface area contributed by atoms with Crippen molar-refractivity contribution in [3.63, 3.8) is 0 Å². The summed E-state index contributed by atoms with van der Waals surface area (Å²) < 4.78 is 0.909. The molecule has 0 aliphatic carbocycles. The number of amides is 1. The zero-order valence-corrected chi connectivity index (χ0v) is 13.4. The molecule has 1 saturated heterocycles. The highest BCUT2D eigenvalue weighted by molar-refractivity contribution is 7.20. The van der Waals surface area contributed by atoms with E-state index >= 15 is 0 Å². The standard InChI is InChI=1S/C16H18N2O3S/c1-10-5-11(2)9-17(8-10)16(19)15-7-12-6-13(18(20)21)3-4-14(12)22-15/h3-4,6-7,10-11H,5,8-9H2,1-2H3/t10-,11-/m0/s1. The lowest BCUT2D eigenvalue weighted by Crippen LogP contribution is -2.42. The number of carbonyl (C=O) groups is 1. The maximum absolute atomic E-state index is 12.7. The molecule has 1 aromatic heterocycles. The van der Waals surface area contributed by atoms with E-state index in [2.05, 4.69) is 13.8 Å². The summed E-state index contributed by atoms with van der Waals surface area (Å²) in [6.07, 6.45) is 1.16. The van der Waals surface area contributed by atoms with Gasteiger partial charge in [0.05, 0.1) is 9.80 Å². The van der Waals surface area contributed by atoms with Crippen molar-refractivity contribution in [2.75, 3.05) is 13.1 Å². The molecule has 0 bridgehead atoms. The Hall–Kier alpha value is -1.95. The van der Waals surface area contributed by atoms with Crippen LogP contribution >= 0.6 is 11.3 Å². The van der Waals surface area contributed by atoms with Crippen molar-refractivity contribution in [2.45, 2.75) is 20.3 Å². The highest BCUT2D eigenvalue weighted by Gasteiger charge is 2.27. The van der Waals surface area contributed by atoms with Gasteiger partial charge in [-0.1, -0.05) is 13.8 Å². The number of nitrogens with zero attached hydrogens (tertiary/aromatic N) is 2. The van der Waals surface area contributed by atoms with Gasteiger partial charge in [-0.05, 0) is 30.4 Å². The number of nitro groups is 1. The summed E-state index contributed by atoms with van der Waals surface area (Å²) in [5.74, 6) is 1.08. The monoisotopic (exact) mass is 318 g/mol. The molecule has 22 heavy (non-hydrogen) atoms. The number of benzene rings is 1. The highest BCUT2D eigenvalue weighted by Crippen LogP contribution is 2.31. The number of carbonyl (C=O) groups excluding carboxylic acids is 1. The van der Waals surface area contributed by atoms with Gasteiger partial charge in [0.1, 0.15) is 0 Å². The normalized spacial score (nSPS) is 22.0. The summed E-state index contributed by atoms with van der Waals surface area (Å²) >= 11 is 1.41. The van der Waals surface area contributed by atoms with Gasteiger partial charge >= 0.3 is 0 Å². The number of non-ortho nitro benzene ring substituents is 1. The molecule has 5 nitrogen and oxygen atoms in total. The van der Waals surface area contributed by atoms with Crippen molar-refractivity contribution in [3.8, 4) is 0 Å². The van der Waals surface area contributed by atoms with Crippen molar-refractivity contribution in [2.24, 2.45) is 11.8 Å². The van der Waals surface area contributed by atoms with Crippen molar-refractivity contribution >= 4 is 33.0 Å². The van der Waals surface area contributed by atoms with Crippen molar-refractivity contribution in [1.29, 1.82) is 0 Å². The topological polar surface area (TPSA) is 63.5 Å². The molecular formula is C16H18N2O3S. The molecule has 6 heteroatoms. The van der Waals surface area contributed by atoms with Gasteiger partial charge in [0.2, 0.25) is 0 Å². The third kappa shape index (κ3) is 2.83. The zero-order chi connectivity index (χ0) is 15.9. The second-order valence-corrected chi connectivity index (χ2v) is 7.33. The van der Waals surface area contributed by atoms with Gasteiger partial charge in [0, 0.05) is 35.3 Å². The number of thiophene rings is 1. The number of hydrogen-bond donors (Lipinski definition) is 0. The summed E-state index contributed by atoms with van der Waals surface area (Å²) in [5, 5.41) is 11.6. The van der Waals surface area contributed by atoms with Gasteiger partial charge in [-0.25, -0.2) is 0 Å². The van der Waals surface area contributed by atoms with E-state index in [9.17, 15) is 14.9 Å². The Bertz CT molecular complexity index is 730. The van der Waals surface area contributed by atoms with E-state index in [1.807, 2.05) is 4.90 Å². The Balaban J connectivity index is 1.89. The van der Waals surface area contributed by atoms with E-state index in [0.29, 0.717) is 16.7 Å². The maximum Gasteiger partial charge on any atom is 0.270 e. The molecule has 1 fully saturated rings. The van der Waals surface area contributed by atoms with Gasteiger partial charge in [0.25, 0.3) is 11.6 Å². The van der Waals surface area contributed by atoms with E-state index in [1.54, 1.807) is 12.1 Å². The Labute approximate surface area is 132 Å². The molecule has 3 rings (SSSR count). The van der Waals surface area contributed by atoms with Crippen molar-refractivity contribution < 1.29 is 9.72 Å². The molecule has 2 heterocycles. The predicted molar refractivity (Wildman–Crippen MR) is 87.3 cm³/mol. The zero-order valence-electron chi connectivity index (χ0n) is 12.6. The van der Waals surface area contributed by atoms with Crippen LogP contribution in [-0.2, 0) is 0 Å². The fourth-order valence-electron chi connectivity index (χ4n) is 3.23. The van der Waals surface area contributed by atoms with E-state index in [1.165, 1.54) is 23.5 Å². The van der Waals surface area contributed by atoms with E-state index in [0.717, 1.165) is 29.6 Å². The average molecular weight is 318 g/mol. The van der Waals surface area contributed by atoms with Crippen LogP contribution in [0, 0.1) is 22.0 Å². The summed E-state index contributed by atoms with van der Waals surface area (Å²) in [5.41, 5.74) is 0.0597. The van der Waals surface area contributed by atoms with Gasteiger partial charge in [0.15, 0.2) is 0 Å². The molecule has 0 radical (unpaired) electrons. The third-order valence-corrected chi connectivity index (χ3v) is 5.18. The first-order chi connectivity index (χ1) is 10.4. The second kappa shape index (κ2) is 5.68. The van der Waals surface area contributed by atoms with Gasteiger partial charge in [-0.15, -0.1) is 11.3 Å². The minimum absolute atomic E-state index is 0.0438. The number of piperidine rings is 1. The SMILES string of the molecule is C[C@H]1C[C@H](C)CN(C(=O)c2cc3cc([N+](=O)[O-])ccc3s2)C1. The molecule has 0 spiro atoms. The van der Waals surface area contributed by atoms with Crippen molar-refractivity contribution in [1.82, 2.24) is 4.90 Å². The van der Waals surface area contributed by atoms with Crippen LogP contribution in [0.15, 0.2) is 24.3 Å². The minimum atomic E-state index is -0.410. The molecule has 2 atom stereocenters. The van der Waals surface area contributed by atoms with Crippen LogP contribution in [0.1, 0.15) is 29.9 Å². The van der Waals surface area contributed by atoms with Crippen LogP contribution in [0.2, 0.25) is 0 Å². The largest absolute Gasteiger partial charge is 0.337 e. The Kier molecular flexibility index (Phi) is 3.87. The molecule has 0 N–H and O–H groups in total. The second-order valence-electron chi connectivity index (χ2n) is 6.25. The number of likely N-dealkylation sites (tertiary alicyclic amines) is 1. The van der Waals surface area contributed by atoms with Crippen LogP contribution < -0.4 is 0 Å². The van der Waals surface area contributed by atoms with E-state index in [4.69, 9.17) is 0 Å². The molecule has 2 aromatic rings. The summed E-state index contributed by atoms with van der Waals surface area (Å²) in [6, 6.07) is 6.51. The number of rotatable bonds is 2. The third-order valence-electron chi connectivity index (χ3n) is 4.08. The minimum Gasteiger partial charge on any atom is -0.337 e. The van der Waals surface area contributed by atoms with Crippen LogP contribution in [0.3, 0.4) is 0 Å². The Morgan fingerprint density at radius 3 is 2.59 bits per heavy atom. The molecule has 1 amide bonds. The molecule has 1 aromatic carbocycles. The van der Waals surface area contributed by atoms with Gasteiger partial charge < -0.3 is 4.90 Å². The maximum atomic E-state index is 12.7. The number of nitro benzene ring substituents is 1. The van der Waals surface area contributed by atoms with Gasteiger partial charge in [-0.3, -0.25) is 14.9 Å². The summed E-state index contributed by atoms with van der Waals surface area (Å²) in [4.78, 5) is 25.7. The molecular weight excluding hydrogens is 300 g/mol. The lowest BCUT2D eigenvalue weighted by atomic mass is 9.92. The molecule has 1 aliphatic rings. The molecule has 0 saturated carbocycles. The van der Waals surface area contributed by atoms with Crippen LogP contribution in [-0.4, -0.2) is 28.8 Å². The van der Waals surface area contributed by atoms with E-state index < -0.39 is 4.92 Å². The first-order valence-corrected chi connectivity index (χ1v) is 8.23. The molecule has 0 unspecified atom stereocenters. The quantitative estimate of drug-likeness (QED) is 0.622. The summed E-state index contributed by atoms with van der Waals surface area (Å²) in [7, 11) is 0. The number of fused-ring (bicyclic) bond motifs is 1. The first-order valence-electron chi connectivity index (χ1n) is 7.41. The molecule has 1 aliphatic heterocycles. The lowest BCUT2D eigenvalue weighted by Gasteiger charge is -2.34. The van der Waals surface area contributed by atoms with Crippen molar-refractivity contribution in [3.05, 3.63) is 39.3 Å². The summed E-state index contributed by atoms with van der Waals surface area (Å²) in [6.45, 7) is 5.92. The first kappa shape index (κ1) is 15.0. The smallest absolute Gasteiger partial charge is 0.270 e. The fourth-order valence-corrected chi connectivity index (χ4v) is 4.25. The highest BCUT2D eigenvalue weighted by atomic mass is 32.1. The molecule has 116 valence electrons. The van der Waals surface area contributed by atoms with Crippen LogP contribution in [0.5, 0.6) is 0 Å². The Morgan fingerprint density at radius 2 is 1.95 bits per heavy atom. The lowest BCUT2D eigenvalue weighted by molar-refractivity contribution is -0.384. The predicted octanol–water partition coefficient (Wildman–Crippen LogP) is 3.93. The van der Waals surface area contributed by atoms with Gasteiger partial charge in [-0.2, -0.15) is 0 Å².